The molecule has 0 aliphatic rings. The Hall–Kier alpha value is -1.38. The molecular formula is C13H15BrN2O2. The topological polar surface area (TPSA) is 53.3 Å². The van der Waals surface area contributed by atoms with E-state index in [2.05, 4.69) is 22.0 Å². The summed E-state index contributed by atoms with van der Waals surface area (Å²) in [6.45, 7) is 0.903. The molecule has 0 saturated heterocycles. The molecule has 0 saturated carbocycles. The van der Waals surface area contributed by atoms with Crippen molar-refractivity contribution in [1.29, 1.82) is 5.26 Å². The highest BCUT2D eigenvalue weighted by molar-refractivity contribution is 9.10. The summed E-state index contributed by atoms with van der Waals surface area (Å²) < 4.78 is 5.87. The van der Waals surface area contributed by atoms with E-state index < -0.39 is 0 Å². The lowest BCUT2D eigenvalue weighted by atomic mass is 10.1. The molecule has 18 heavy (non-hydrogen) atoms. The van der Waals surface area contributed by atoms with Gasteiger partial charge < -0.3 is 4.74 Å². The summed E-state index contributed by atoms with van der Waals surface area (Å²) in [5.41, 5.74) is 0.631. The van der Waals surface area contributed by atoms with Crippen LogP contribution in [-0.4, -0.2) is 37.9 Å². The fourth-order valence-corrected chi connectivity index (χ4v) is 2.04. The number of ketones is 1. The molecule has 0 amide bonds. The van der Waals surface area contributed by atoms with E-state index in [4.69, 9.17) is 10.00 Å². The Morgan fingerprint density at radius 1 is 1.56 bits per heavy atom. The predicted octanol–water partition coefficient (Wildman–Crippen LogP) is 2.49. The zero-order valence-electron chi connectivity index (χ0n) is 10.4. The van der Waals surface area contributed by atoms with Gasteiger partial charge in [0.25, 0.3) is 0 Å². The molecule has 96 valence electrons. The van der Waals surface area contributed by atoms with Gasteiger partial charge in [0.2, 0.25) is 0 Å². The first-order valence-corrected chi connectivity index (χ1v) is 6.30. The first-order valence-electron chi connectivity index (χ1n) is 5.50. The van der Waals surface area contributed by atoms with Gasteiger partial charge in [-0.15, -0.1) is 0 Å². The number of hydrogen-bond donors (Lipinski definition) is 0. The lowest BCUT2D eigenvalue weighted by molar-refractivity contribution is 0.0947. The molecule has 0 aliphatic carbocycles. The third-order valence-corrected chi connectivity index (χ3v) is 3.11. The molecule has 0 unspecified atom stereocenters. The Morgan fingerprint density at radius 2 is 2.28 bits per heavy atom. The second-order valence-electron chi connectivity index (χ2n) is 3.92. The maximum atomic E-state index is 12.0. The van der Waals surface area contributed by atoms with E-state index in [-0.39, 0.29) is 5.78 Å². The van der Waals surface area contributed by atoms with Gasteiger partial charge in [-0.3, -0.25) is 9.69 Å². The summed E-state index contributed by atoms with van der Waals surface area (Å²) in [5.74, 6) is 0.725. The molecule has 0 radical (unpaired) electrons. The van der Waals surface area contributed by atoms with Gasteiger partial charge in [-0.25, -0.2) is 0 Å². The molecule has 0 aromatic heterocycles. The lowest BCUT2D eigenvalue weighted by Gasteiger charge is -2.14. The van der Waals surface area contributed by atoms with Gasteiger partial charge in [-0.2, -0.15) is 5.26 Å². The summed E-state index contributed by atoms with van der Waals surface area (Å²) in [5, 5.41) is 8.48. The molecule has 0 N–H and O–H groups in total. The normalized spacial score (nSPS) is 10.2. The predicted molar refractivity (Wildman–Crippen MR) is 72.8 cm³/mol. The van der Waals surface area contributed by atoms with Crippen LogP contribution in [0.5, 0.6) is 5.75 Å². The lowest BCUT2D eigenvalue weighted by Crippen LogP contribution is -2.26. The molecule has 5 heteroatoms. The molecule has 0 fully saturated rings. The number of likely N-dealkylation sites (N-methyl/N-ethyl adjacent to an activating group) is 1. The van der Waals surface area contributed by atoms with Crippen molar-refractivity contribution in [2.24, 2.45) is 0 Å². The van der Waals surface area contributed by atoms with E-state index in [1.165, 1.54) is 0 Å². The number of carbonyl (C=O) groups excluding carboxylic acids is 1. The van der Waals surface area contributed by atoms with Crippen LogP contribution in [0, 0.1) is 11.3 Å². The van der Waals surface area contributed by atoms with Crippen molar-refractivity contribution >= 4 is 21.7 Å². The smallest absolute Gasteiger partial charge is 0.176 e. The van der Waals surface area contributed by atoms with Crippen molar-refractivity contribution in [3.8, 4) is 11.8 Å². The standard InChI is InChI=1S/C13H15BrN2O2/c1-16(7-3-6-15)9-12(17)10-4-5-13(18-2)11(14)8-10/h4-5,8H,3,7,9H2,1-2H3. The fourth-order valence-electron chi connectivity index (χ4n) is 1.50. The number of benzene rings is 1. The molecule has 0 aliphatic heterocycles. The van der Waals surface area contributed by atoms with Gasteiger partial charge in [0, 0.05) is 18.5 Å². The van der Waals surface area contributed by atoms with Crippen LogP contribution in [0.2, 0.25) is 0 Å². The Morgan fingerprint density at radius 3 is 2.83 bits per heavy atom. The Labute approximate surface area is 115 Å². The van der Waals surface area contributed by atoms with Crippen LogP contribution in [0.1, 0.15) is 16.8 Å². The molecule has 0 heterocycles. The number of Topliss-reactive ketones (excluding diaryl/α,β-unsaturated/α-hetero) is 1. The van der Waals surface area contributed by atoms with Crippen molar-refractivity contribution in [2.45, 2.75) is 6.42 Å². The minimum atomic E-state index is 0.0267. The summed E-state index contributed by atoms with van der Waals surface area (Å²) in [4.78, 5) is 13.8. The van der Waals surface area contributed by atoms with Crippen LogP contribution >= 0.6 is 15.9 Å². The fraction of sp³-hybridized carbons (Fsp3) is 0.385. The van der Waals surface area contributed by atoms with Crippen molar-refractivity contribution in [3.05, 3.63) is 28.2 Å². The molecule has 1 aromatic carbocycles. The second kappa shape index (κ2) is 7.14. The summed E-state index contributed by atoms with van der Waals surface area (Å²) in [7, 11) is 3.41. The van der Waals surface area contributed by atoms with Gasteiger partial charge in [0.05, 0.1) is 24.2 Å². The first-order chi connectivity index (χ1) is 8.58. The van der Waals surface area contributed by atoms with Crippen LogP contribution in [0.3, 0.4) is 0 Å². The number of rotatable bonds is 6. The highest BCUT2D eigenvalue weighted by Gasteiger charge is 2.11. The van der Waals surface area contributed by atoms with Gasteiger partial charge >= 0.3 is 0 Å². The van der Waals surface area contributed by atoms with Crippen molar-refractivity contribution in [1.82, 2.24) is 4.90 Å². The van der Waals surface area contributed by atoms with Crippen LogP contribution in [-0.2, 0) is 0 Å². The summed E-state index contributed by atoms with van der Waals surface area (Å²) in [6, 6.07) is 7.30. The maximum Gasteiger partial charge on any atom is 0.176 e. The summed E-state index contributed by atoms with van der Waals surface area (Å²) in [6.07, 6.45) is 0.427. The van der Waals surface area contributed by atoms with E-state index in [1.807, 2.05) is 11.9 Å². The minimum Gasteiger partial charge on any atom is -0.496 e. The van der Waals surface area contributed by atoms with E-state index in [9.17, 15) is 4.79 Å². The van der Waals surface area contributed by atoms with Gasteiger partial charge in [-0.1, -0.05) is 0 Å². The van der Waals surface area contributed by atoms with Crippen LogP contribution in [0.25, 0.3) is 0 Å². The number of nitriles is 1. The Bertz CT molecular complexity index is 469. The van der Waals surface area contributed by atoms with Crippen LogP contribution < -0.4 is 4.74 Å². The van der Waals surface area contributed by atoms with Crippen molar-refractivity contribution in [2.75, 3.05) is 27.2 Å². The largest absolute Gasteiger partial charge is 0.496 e. The van der Waals surface area contributed by atoms with Gasteiger partial charge in [0.1, 0.15) is 5.75 Å². The first kappa shape index (κ1) is 14.7. The van der Waals surface area contributed by atoms with E-state index >= 15 is 0 Å². The number of halogens is 1. The molecule has 0 atom stereocenters. The van der Waals surface area contributed by atoms with Crippen LogP contribution in [0.15, 0.2) is 22.7 Å². The summed E-state index contributed by atoms with van der Waals surface area (Å²) >= 11 is 3.35. The van der Waals surface area contributed by atoms with Gasteiger partial charge in [0.15, 0.2) is 5.78 Å². The zero-order chi connectivity index (χ0) is 13.5. The maximum absolute atomic E-state index is 12.0. The average Bonchev–Trinajstić information content (AvgIpc) is 2.36. The highest BCUT2D eigenvalue weighted by atomic mass is 79.9. The molecule has 1 aromatic rings. The van der Waals surface area contributed by atoms with Gasteiger partial charge in [-0.05, 0) is 41.2 Å². The molecule has 0 bridgehead atoms. The number of hydrogen-bond acceptors (Lipinski definition) is 4. The van der Waals surface area contributed by atoms with E-state index in [0.717, 1.165) is 4.47 Å². The molecular weight excluding hydrogens is 296 g/mol. The van der Waals surface area contributed by atoms with Crippen molar-refractivity contribution < 1.29 is 9.53 Å². The Kier molecular flexibility index (Phi) is 5.83. The average molecular weight is 311 g/mol. The SMILES string of the molecule is COc1ccc(C(=O)CN(C)CCC#N)cc1Br. The molecule has 4 nitrogen and oxygen atoms in total. The third kappa shape index (κ3) is 4.13. The molecule has 0 spiro atoms. The highest BCUT2D eigenvalue weighted by Crippen LogP contribution is 2.25. The van der Waals surface area contributed by atoms with E-state index in [0.29, 0.717) is 30.8 Å². The molecule has 1 rings (SSSR count). The van der Waals surface area contributed by atoms with Crippen LogP contribution in [0.4, 0.5) is 0 Å². The second-order valence-corrected chi connectivity index (χ2v) is 4.77. The van der Waals surface area contributed by atoms with Crippen molar-refractivity contribution in [3.63, 3.8) is 0 Å². The quantitative estimate of drug-likeness (QED) is 0.758. The van der Waals surface area contributed by atoms with E-state index in [1.54, 1.807) is 25.3 Å². The number of methoxy groups -OCH3 is 1. The third-order valence-electron chi connectivity index (χ3n) is 2.49. The zero-order valence-corrected chi connectivity index (χ0v) is 12.0. The number of ether oxygens (including phenoxy) is 1. The monoisotopic (exact) mass is 310 g/mol. The number of carbonyl (C=O) groups is 1. The number of nitrogens with zero attached hydrogens (tertiary/aromatic N) is 2. The Balaban J connectivity index is 2.67. The minimum absolute atomic E-state index is 0.0267.